The SMILES string of the molecule is Cc1cc[n+](CCCC/C=C\C=C/CCCC[n+]2ccc(C)cc2)cc1.[Br-].[Br-]. The van der Waals surface area contributed by atoms with Crippen molar-refractivity contribution in [2.24, 2.45) is 0 Å². The number of rotatable bonds is 11. The fourth-order valence-electron chi connectivity index (χ4n) is 2.82. The maximum atomic E-state index is 2.29. The van der Waals surface area contributed by atoms with Crippen LogP contribution in [0.3, 0.4) is 0 Å². The molecule has 154 valence electrons. The van der Waals surface area contributed by atoms with Crippen LogP contribution in [0.1, 0.15) is 49.7 Å². The average Bonchev–Trinajstić information content (AvgIpc) is 2.65. The third kappa shape index (κ3) is 12.2. The van der Waals surface area contributed by atoms with Crippen LogP contribution in [-0.4, -0.2) is 0 Å². The van der Waals surface area contributed by atoms with Crippen LogP contribution in [0.25, 0.3) is 0 Å². The lowest BCUT2D eigenvalue weighted by atomic mass is 10.2. The van der Waals surface area contributed by atoms with Gasteiger partial charge in [0.15, 0.2) is 24.8 Å². The van der Waals surface area contributed by atoms with Gasteiger partial charge in [-0.15, -0.1) is 0 Å². The molecule has 0 radical (unpaired) electrons. The van der Waals surface area contributed by atoms with Crippen molar-refractivity contribution in [2.45, 2.75) is 65.5 Å². The summed E-state index contributed by atoms with van der Waals surface area (Å²) in [7, 11) is 0. The van der Waals surface area contributed by atoms with E-state index in [0.29, 0.717) is 0 Å². The minimum atomic E-state index is 0. The van der Waals surface area contributed by atoms with Crippen molar-refractivity contribution in [3.63, 3.8) is 0 Å². The number of allylic oxidation sites excluding steroid dienone is 4. The first-order chi connectivity index (χ1) is 12.7. The summed E-state index contributed by atoms with van der Waals surface area (Å²) in [4.78, 5) is 0. The van der Waals surface area contributed by atoms with Crippen LogP contribution in [-0.2, 0) is 13.1 Å². The molecule has 0 saturated heterocycles. The van der Waals surface area contributed by atoms with Gasteiger partial charge in [-0.1, -0.05) is 24.3 Å². The Bertz CT molecular complexity index is 615. The molecule has 2 rings (SSSR count). The lowest BCUT2D eigenvalue weighted by molar-refractivity contribution is -0.697. The molecule has 0 saturated carbocycles. The standard InChI is InChI=1S/C24H34N2.2BrH/c1-23-13-19-25(20-14-23)17-11-9-7-5-3-4-6-8-10-12-18-26-21-15-24(2)16-22-26;;/h3-6,13-16,19-22H,7-12,17-18H2,1-2H3;2*1H/q+2;;/p-2/b5-3-,6-4-;;. The second kappa shape index (κ2) is 16.7. The number of aryl methyl sites for hydroxylation is 4. The van der Waals surface area contributed by atoms with Gasteiger partial charge in [0.2, 0.25) is 0 Å². The van der Waals surface area contributed by atoms with Gasteiger partial charge < -0.3 is 34.0 Å². The Hall–Kier alpha value is -1.26. The van der Waals surface area contributed by atoms with Crippen LogP contribution >= 0.6 is 0 Å². The number of halogens is 2. The summed E-state index contributed by atoms with van der Waals surface area (Å²) in [5.74, 6) is 0. The first-order valence-corrected chi connectivity index (χ1v) is 9.97. The van der Waals surface area contributed by atoms with E-state index >= 15 is 0 Å². The summed E-state index contributed by atoms with van der Waals surface area (Å²) in [6.45, 7) is 6.49. The van der Waals surface area contributed by atoms with E-state index in [1.807, 2.05) is 0 Å². The van der Waals surface area contributed by atoms with E-state index in [0.717, 1.165) is 13.1 Å². The second-order valence-electron chi connectivity index (χ2n) is 7.07. The zero-order valence-electron chi connectivity index (χ0n) is 17.2. The highest BCUT2D eigenvalue weighted by molar-refractivity contribution is 5.04. The molecule has 0 spiro atoms. The van der Waals surface area contributed by atoms with Gasteiger partial charge in [0.25, 0.3) is 0 Å². The predicted octanol–water partition coefficient (Wildman–Crippen LogP) is -0.960. The fraction of sp³-hybridized carbons (Fsp3) is 0.417. The van der Waals surface area contributed by atoms with E-state index in [1.54, 1.807) is 0 Å². The number of nitrogens with zero attached hydrogens (tertiary/aromatic N) is 2. The summed E-state index contributed by atoms with van der Waals surface area (Å²) in [5, 5.41) is 0. The molecular weight excluding hydrogens is 476 g/mol. The van der Waals surface area contributed by atoms with Gasteiger partial charge >= 0.3 is 0 Å². The van der Waals surface area contributed by atoms with E-state index < -0.39 is 0 Å². The molecule has 0 amide bonds. The zero-order chi connectivity index (χ0) is 18.5. The molecule has 2 heterocycles. The smallest absolute Gasteiger partial charge is 0.169 e. The predicted molar refractivity (Wildman–Crippen MR) is 109 cm³/mol. The molecule has 2 aromatic heterocycles. The topological polar surface area (TPSA) is 7.76 Å². The Balaban J connectivity index is 0.00000364. The van der Waals surface area contributed by atoms with Crippen LogP contribution in [0.2, 0.25) is 0 Å². The summed E-state index contributed by atoms with van der Waals surface area (Å²) in [6.07, 6.45) is 25.0. The minimum absolute atomic E-state index is 0. The molecule has 0 aliphatic heterocycles. The summed E-state index contributed by atoms with van der Waals surface area (Å²) in [6, 6.07) is 8.68. The Morgan fingerprint density at radius 1 is 0.607 bits per heavy atom. The molecule has 2 nitrogen and oxygen atoms in total. The van der Waals surface area contributed by atoms with Crippen LogP contribution in [0.4, 0.5) is 0 Å². The molecule has 0 fully saturated rings. The normalized spacial score (nSPS) is 10.8. The molecule has 0 aliphatic rings. The number of aromatic nitrogens is 2. The van der Waals surface area contributed by atoms with Gasteiger partial charge in [-0.3, -0.25) is 0 Å². The van der Waals surface area contributed by atoms with Crippen molar-refractivity contribution in [1.29, 1.82) is 0 Å². The molecule has 0 atom stereocenters. The molecule has 0 aliphatic carbocycles. The van der Waals surface area contributed by atoms with Crippen molar-refractivity contribution in [1.82, 2.24) is 0 Å². The van der Waals surface area contributed by atoms with Crippen molar-refractivity contribution in [3.8, 4) is 0 Å². The van der Waals surface area contributed by atoms with Crippen molar-refractivity contribution >= 4 is 0 Å². The highest BCUT2D eigenvalue weighted by Gasteiger charge is 1.98. The summed E-state index contributed by atoms with van der Waals surface area (Å²) >= 11 is 0. The van der Waals surface area contributed by atoms with Crippen LogP contribution in [0.15, 0.2) is 73.4 Å². The molecule has 0 unspecified atom stereocenters. The lowest BCUT2D eigenvalue weighted by Crippen LogP contribution is -3.00. The molecule has 4 heteroatoms. The number of unbranched alkanes of at least 4 members (excludes halogenated alkanes) is 4. The van der Waals surface area contributed by atoms with Crippen molar-refractivity contribution < 1.29 is 43.1 Å². The van der Waals surface area contributed by atoms with Gasteiger partial charge in [-0.05, 0) is 50.7 Å². The highest BCUT2D eigenvalue weighted by atomic mass is 79.9. The lowest BCUT2D eigenvalue weighted by Gasteiger charge is -1.97. The van der Waals surface area contributed by atoms with E-state index in [-0.39, 0.29) is 34.0 Å². The third-order valence-electron chi connectivity index (χ3n) is 4.57. The summed E-state index contributed by atoms with van der Waals surface area (Å²) < 4.78 is 4.54. The maximum absolute atomic E-state index is 2.29. The molecule has 0 N–H and O–H groups in total. The number of hydrogen-bond acceptors (Lipinski definition) is 0. The van der Waals surface area contributed by atoms with Gasteiger partial charge in [-0.25, -0.2) is 9.13 Å². The number of hydrogen-bond donors (Lipinski definition) is 0. The van der Waals surface area contributed by atoms with Gasteiger partial charge in [0.05, 0.1) is 0 Å². The molecule has 2 aromatic rings. The summed E-state index contributed by atoms with van der Waals surface area (Å²) in [5.41, 5.74) is 2.65. The van der Waals surface area contributed by atoms with Gasteiger partial charge in [-0.2, -0.15) is 0 Å². The first-order valence-electron chi connectivity index (χ1n) is 9.97. The minimum Gasteiger partial charge on any atom is -1.00 e. The first kappa shape index (κ1) is 26.7. The quantitative estimate of drug-likeness (QED) is 0.209. The average molecular weight is 510 g/mol. The highest BCUT2D eigenvalue weighted by Crippen LogP contribution is 2.00. The van der Waals surface area contributed by atoms with Crippen molar-refractivity contribution in [3.05, 3.63) is 84.5 Å². The maximum Gasteiger partial charge on any atom is 0.169 e. The van der Waals surface area contributed by atoms with Gasteiger partial charge in [0.1, 0.15) is 13.1 Å². The van der Waals surface area contributed by atoms with Crippen molar-refractivity contribution in [2.75, 3.05) is 0 Å². The van der Waals surface area contributed by atoms with Crippen LogP contribution < -0.4 is 43.1 Å². The van der Waals surface area contributed by atoms with Gasteiger partial charge in [0, 0.05) is 37.1 Å². The third-order valence-corrected chi connectivity index (χ3v) is 4.57. The van der Waals surface area contributed by atoms with E-state index in [4.69, 9.17) is 0 Å². The number of pyridine rings is 2. The Labute approximate surface area is 192 Å². The van der Waals surface area contributed by atoms with E-state index in [2.05, 4.69) is 96.3 Å². The Kier molecular flexibility index (Phi) is 15.9. The molecule has 0 aromatic carbocycles. The van der Waals surface area contributed by atoms with Crippen LogP contribution in [0.5, 0.6) is 0 Å². The van der Waals surface area contributed by atoms with Crippen LogP contribution in [0, 0.1) is 13.8 Å². The Morgan fingerprint density at radius 2 is 0.964 bits per heavy atom. The van der Waals surface area contributed by atoms with E-state index in [9.17, 15) is 0 Å². The monoisotopic (exact) mass is 508 g/mol. The van der Waals surface area contributed by atoms with E-state index in [1.165, 1.54) is 49.7 Å². The molecule has 28 heavy (non-hydrogen) atoms. The molecule has 0 bridgehead atoms. The Morgan fingerprint density at radius 3 is 1.32 bits per heavy atom. The zero-order valence-corrected chi connectivity index (χ0v) is 20.4. The molecular formula is C24H34Br2N2. The fourth-order valence-corrected chi connectivity index (χ4v) is 2.82. The second-order valence-corrected chi connectivity index (χ2v) is 7.07. The largest absolute Gasteiger partial charge is 1.00 e.